The number of carbonyl (C=O) groups is 3. The van der Waals surface area contributed by atoms with E-state index in [0.29, 0.717) is 19.6 Å². The molecule has 0 radical (unpaired) electrons. The summed E-state index contributed by atoms with van der Waals surface area (Å²) in [6.07, 6.45) is 2.80. The minimum atomic E-state index is -0.929. The zero-order valence-electron chi connectivity index (χ0n) is 10.6. The lowest BCUT2D eigenvalue weighted by molar-refractivity contribution is -0.145. The van der Waals surface area contributed by atoms with Crippen molar-refractivity contribution < 1.29 is 19.1 Å². The minimum absolute atomic E-state index is 0.0643. The molecular formula is C12H17N3O4. The number of nitrogens with zero attached hydrogens (tertiary/aromatic N) is 1. The molecule has 0 aromatic heterocycles. The first-order chi connectivity index (χ1) is 9.11. The predicted molar refractivity (Wildman–Crippen MR) is 64.2 cm³/mol. The van der Waals surface area contributed by atoms with E-state index in [4.69, 9.17) is 4.74 Å². The number of nitrogens with one attached hydrogen (secondary N) is 2. The van der Waals surface area contributed by atoms with E-state index in [2.05, 4.69) is 10.6 Å². The molecule has 1 spiro atoms. The molecule has 3 rings (SSSR count). The number of hydrogen-bond acceptors (Lipinski definition) is 4. The van der Waals surface area contributed by atoms with Crippen LogP contribution in [-0.2, 0) is 14.3 Å². The fraction of sp³-hybridized carbons (Fsp3) is 0.750. The Balaban J connectivity index is 1.67. The lowest BCUT2D eigenvalue weighted by Gasteiger charge is -2.27. The molecule has 7 heteroatoms. The highest BCUT2D eigenvalue weighted by atomic mass is 16.5. The highest BCUT2D eigenvalue weighted by molar-refractivity contribution is 6.07. The predicted octanol–water partition coefficient (Wildman–Crippen LogP) is -0.634. The van der Waals surface area contributed by atoms with Gasteiger partial charge in [0.1, 0.15) is 11.6 Å². The Labute approximate surface area is 110 Å². The maximum atomic E-state index is 12.3. The molecule has 3 saturated heterocycles. The standard InChI is InChI=1S/C12H17N3O4/c16-9(8-3-1-2-6-19-8)15-5-4-12(7-15)10(17)13-11(18)14-12/h8H,1-7H2,(H2,13,14,17,18). The van der Waals surface area contributed by atoms with Gasteiger partial charge in [0.05, 0.1) is 6.54 Å². The Bertz CT molecular complexity index is 433. The number of ether oxygens (including phenoxy) is 1. The average Bonchev–Trinajstić information content (AvgIpc) is 2.95. The molecule has 0 aromatic carbocycles. The topological polar surface area (TPSA) is 87.7 Å². The van der Waals surface area contributed by atoms with Crippen LogP contribution in [0.25, 0.3) is 0 Å². The number of rotatable bonds is 1. The fourth-order valence-electron chi connectivity index (χ4n) is 2.95. The molecule has 0 aliphatic carbocycles. The van der Waals surface area contributed by atoms with E-state index in [9.17, 15) is 14.4 Å². The van der Waals surface area contributed by atoms with Crippen molar-refractivity contribution in [2.24, 2.45) is 0 Å². The number of amides is 4. The lowest BCUT2D eigenvalue weighted by atomic mass is 9.99. The van der Waals surface area contributed by atoms with E-state index in [1.807, 2.05) is 0 Å². The maximum Gasteiger partial charge on any atom is 0.322 e. The van der Waals surface area contributed by atoms with Gasteiger partial charge in [-0.25, -0.2) is 4.79 Å². The number of imide groups is 1. The average molecular weight is 267 g/mol. The number of carbonyl (C=O) groups excluding carboxylic acids is 3. The number of likely N-dealkylation sites (tertiary alicyclic amines) is 1. The van der Waals surface area contributed by atoms with E-state index in [-0.39, 0.29) is 24.5 Å². The highest BCUT2D eigenvalue weighted by Crippen LogP contribution is 2.26. The van der Waals surface area contributed by atoms with Gasteiger partial charge in [-0.05, 0) is 25.7 Å². The first-order valence-corrected chi connectivity index (χ1v) is 6.65. The first-order valence-electron chi connectivity index (χ1n) is 6.65. The van der Waals surface area contributed by atoms with E-state index in [1.54, 1.807) is 4.90 Å². The fourth-order valence-corrected chi connectivity index (χ4v) is 2.95. The lowest BCUT2D eigenvalue weighted by Crippen LogP contribution is -2.51. The van der Waals surface area contributed by atoms with Crippen LogP contribution < -0.4 is 10.6 Å². The van der Waals surface area contributed by atoms with E-state index < -0.39 is 11.6 Å². The Morgan fingerprint density at radius 1 is 1.37 bits per heavy atom. The molecule has 0 saturated carbocycles. The summed E-state index contributed by atoms with van der Waals surface area (Å²) < 4.78 is 5.47. The first kappa shape index (κ1) is 12.4. The van der Waals surface area contributed by atoms with Crippen LogP contribution in [0.4, 0.5) is 4.79 Å². The molecule has 19 heavy (non-hydrogen) atoms. The van der Waals surface area contributed by atoms with Crippen LogP contribution >= 0.6 is 0 Å². The minimum Gasteiger partial charge on any atom is -0.368 e. The summed E-state index contributed by atoms with van der Waals surface area (Å²) in [6.45, 7) is 1.34. The third kappa shape index (κ3) is 2.07. The van der Waals surface area contributed by atoms with Gasteiger partial charge in [-0.2, -0.15) is 0 Å². The van der Waals surface area contributed by atoms with Crippen LogP contribution in [0.2, 0.25) is 0 Å². The van der Waals surface area contributed by atoms with Crippen LogP contribution in [0.1, 0.15) is 25.7 Å². The zero-order chi connectivity index (χ0) is 13.5. The molecule has 3 aliphatic heterocycles. The Morgan fingerprint density at radius 2 is 2.21 bits per heavy atom. The van der Waals surface area contributed by atoms with Crippen LogP contribution in [0.15, 0.2) is 0 Å². The third-order valence-electron chi connectivity index (χ3n) is 4.05. The van der Waals surface area contributed by atoms with Crippen molar-refractivity contribution in [3.05, 3.63) is 0 Å². The van der Waals surface area contributed by atoms with Crippen LogP contribution in [-0.4, -0.2) is 54.1 Å². The van der Waals surface area contributed by atoms with Crippen molar-refractivity contribution in [1.29, 1.82) is 0 Å². The second kappa shape index (κ2) is 4.48. The van der Waals surface area contributed by atoms with Crippen LogP contribution in [0.5, 0.6) is 0 Å². The maximum absolute atomic E-state index is 12.3. The van der Waals surface area contributed by atoms with Crippen LogP contribution in [0.3, 0.4) is 0 Å². The van der Waals surface area contributed by atoms with Gasteiger partial charge < -0.3 is 15.0 Å². The molecule has 2 N–H and O–H groups in total. The second-order valence-corrected chi connectivity index (χ2v) is 5.36. The molecule has 3 fully saturated rings. The summed E-state index contributed by atoms with van der Waals surface area (Å²) >= 11 is 0. The normalized spacial score (nSPS) is 34.5. The van der Waals surface area contributed by atoms with E-state index in [0.717, 1.165) is 19.3 Å². The van der Waals surface area contributed by atoms with Crippen molar-refractivity contribution in [1.82, 2.24) is 15.5 Å². The Kier molecular flexibility index (Phi) is 2.93. The van der Waals surface area contributed by atoms with Gasteiger partial charge in [0.25, 0.3) is 11.8 Å². The molecule has 2 atom stereocenters. The van der Waals surface area contributed by atoms with Crippen molar-refractivity contribution in [3.63, 3.8) is 0 Å². The summed E-state index contributed by atoms with van der Waals surface area (Å²) in [7, 11) is 0. The molecule has 0 aromatic rings. The van der Waals surface area contributed by atoms with Crippen molar-refractivity contribution in [3.8, 4) is 0 Å². The van der Waals surface area contributed by atoms with Crippen molar-refractivity contribution in [2.45, 2.75) is 37.3 Å². The quantitative estimate of drug-likeness (QED) is 0.619. The molecule has 0 bridgehead atoms. The molecule has 7 nitrogen and oxygen atoms in total. The van der Waals surface area contributed by atoms with Crippen molar-refractivity contribution in [2.75, 3.05) is 19.7 Å². The van der Waals surface area contributed by atoms with Gasteiger partial charge >= 0.3 is 6.03 Å². The molecule has 4 amide bonds. The largest absolute Gasteiger partial charge is 0.368 e. The molecule has 3 aliphatic rings. The van der Waals surface area contributed by atoms with Gasteiger partial charge in [0.15, 0.2) is 0 Å². The van der Waals surface area contributed by atoms with E-state index >= 15 is 0 Å². The summed E-state index contributed by atoms with van der Waals surface area (Å²) in [5.41, 5.74) is -0.929. The summed E-state index contributed by atoms with van der Waals surface area (Å²) in [5, 5.41) is 4.86. The molecule has 104 valence electrons. The molecule has 3 heterocycles. The van der Waals surface area contributed by atoms with Gasteiger partial charge in [-0.3, -0.25) is 14.9 Å². The van der Waals surface area contributed by atoms with Crippen LogP contribution in [0, 0.1) is 0 Å². The highest BCUT2D eigenvalue weighted by Gasteiger charge is 2.52. The second-order valence-electron chi connectivity index (χ2n) is 5.36. The summed E-state index contributed by atoms with van der Waals surface area (Å²) in [4.78, 5) is 36.9. The summed E-state index contributed by atoms with van der Waals surface area (Å²) in [6, 6.07) is -0.479. The Hall–Kier alpha value is -1.63. The van der Waals surface area contributed by atoms with E-state index in [1.165, 1.54) is 0 Å². The SMILES string of the molecule is O=C1NC(=O)C2(CCN(C(=O)C3CCCCO3)C2)N1. The molecular weight excluding hydrogens is 250 g/mol. The van der Waals surface area contributed by atoms with Gasteiger partial charge in [0, 0.05) is 13.2 Å². The molecule has 2 unspecified atom stereocenters. The third-order valence-corrected chi connectivity index (χ3v) is 4.05. The number of urea groups is 1. The van der Waals surface area contributed by atoms with Gasteiger partial charge in [-0.1, -0.05) is 0 Å². The smallest absolute Gasteiger partial charge is 0.322 e. The number of hydrogen-bond donors (Lipinski definition) is 2. The Morgan fingerprint density at radius 3 is 2.84 bits per heavy atom. The van der Waals surface area contributed by atoms with Gasteiger partial charge in [0.2, 0.25) is 0 Å². The zero-order valence-corrected chi connectivity index (χ0v) is 10.6. The summed E-state index contributed by atoms with van der Waals surface area (Å²) in [5.74, 6) is -0.400. The van der Waals surface area contributed by atoms with Crippen molar-refractivity contribution >= 4 is 17.8 Å². The monoisotopic (exact) mass is 267 g/mol. The van der Waals surface area contributed by atoms with Gasteiger partial charge in [-0.15, -0.1) is 0 Å².